The minimum atomic E-state index is -1.05. The number of rotatable bonds is 31. The third-order valence-electron chi connectivity index (χ3n) is 9.22. The summed E-state index contributed by atoms with van der Waals surface area (Å²) < 4.78 is 26.7. The van der Waals surface area contributed by atoms with Crippen LogP contribution in [-0.2, 0) is 59.1 Å². The number of carbonyl (C=O) groups is 8. The first-order chi connectivity index (χ1) is 30.3. The van der Waals surface area contributed by atoms with Crippen molar-refractivity contribution in [1.29, 1.82) is 0 Å². The van der Waals surface area contributed by atoms with Crippen molar-refractivity contribution in [2.45, 2.75) is 55.8 Å². The molecule has 1 fully saturated rings. The second kappa shape index (κ2) is 29.4. The number of likely N-dealkylation sites (tertiary alicyclic amines) is 1. The van der Waals surface area contributed by atoms with E-state index in [2.05, 4.69) is 26.6 Å². The summed E-state index contributed by atoms with van der Waals surface area (Å²) in [5.74, 6) is -2.92. The summed E-state index contributed by atoms with van der Waals surface area (Å²) >= 11 is -1.05. The third-order valence-corrected chi connectivity index (χ3v) is 12.1. The van der Waals surface area contributed by atoms with E-state index in [1.807, 2.05) is 0 Å². The number of amides is 9. The van der Waals surface area contributed by atoms with Gasteiger partial charge in [0.05, 0.1) is 39.6 Å². The first kappa shape index (κ1) is 52.4. The predicted octanol–water partition coefficient (Wildman–Crippen LogP) is -4.44. The number of urea groups is 1. The van der Waals surface area contributed by atoms with Crippen LogP contribution in [0.5, 0.6) is 0 Å². The number of aliphatic hydroxyl groups excluding tert-OH is 1. The van der Waals surface area contributed by atoms with Crippen molar-refractivity contribution in [3.05, 3.63) is 42.0 Å². The number of carbonyl (C=O) groups excluding carboxylic acids is 8. The van der Waals surface area contributed by atoms with Crippen molar-refractivity contribution in [2.24, 2.45) is 11.7 Å². The van der Waals surface area contributed by atoms with Crippen LogP contribution < -0.4 is 53.5 Å². The van der Waals surface area contributed by atoms with Gasteiger partial charge in [0.2, 0.25) is 5.91 Å². The van der Waals surface area contributed by atoms with Gasteiger partial charge >= 0.3 is 243 Å². The van der Waals surface area contributed by atoms with Crippen LogP contribution in [0.4, 0.5) is 15.3 Å². The fourth-order valence-corrected chi connectivity index (χ4v) is 7.92. The maximum atomic E-state index is 13.5. The minimum absolute atomic E-state index is 0.00325. The SMILES string of the molecule is CC(C)[C@H](NC(=O)CCOCCOCCOCCOCCNC(=O)CCN1C(=O)C=CC1=O)C(=O)NC([I-]CCNC(N)=O)C(=O)Nc1ccc(COC(=O)N2CC[C@H]2CO)cc1. The molecule has 0 spiro atoms. The van der Waals surface area contributed by atoms with Crippen molar-refractivity contribution in [2.75, 3.05) is 95.4 Å². The van der Waals surface area contributed by atoms with Gasteiger partial charge in [-0.2, -0.15) is 0 Å². The molecule has 1 aromatic carbocycles. The summed E-state index contributed by atoms with van der Waals surface area (Å²) in [6, 6.07) is 4.76. The molecule has 0 aliphatic carbocycles. The molecule has 1 aromatic rings. The molecule has 3 rings (SSSR count). The number of aliphatic hydroxyl groups is 1. The van der Waals surface area contributed by atoms with Gasteiger partial charge in [-0.1, -0.05) is 0 Å². The Morgan fingerprint density at radius 3 is 1.98 bits per heavy atom. The average Bonchev–Trinajstić information content (AvgIpc) is 3.56. The molecule has 0 aromatic heterocycles. The zero-order chi connectivity index (χ0) is 46.0. The number of nitrogens with zero attached hydrogens (tertiary/aromatic N) is 2. The van der Waals surface area contributed by atoms with Gasteiger partial charge in [-0.3, -0.25) is 19.3 Å². The van der Waals surface area contributed by atoms with Crippen molar-refractivity contribution in [1.82, 2.24) is 31.1 Å². The van der Waals surface area contributed by atoms with Gasteiger partial charge in [0.1, 0.15) is 0 Å². The Morgan fingerprint density at radius 1 is 0.794 bits per heavy atom. The first-order valence-corrected chi connectivity index (χ1v) is 23.3. The van der Waals surface area contributed by atoms with Crippen LogP contribution in [0.1, 0.15) is 38.7 Å². The van der Waals surface area contributed by atoms with E-state index in [4.69, 9.17) is 29.4 Å². The topological polar surface area (TPSA) is 296 Å². The van der Waals surface area contributed by atoms with Crippen molar-refractivity contribution in [3.8, 4) is 0 Å². The molecular weight excluding hydrogens is 943 g/mol. The second-order valence-corrected chi connectivity index (χ2v) is 17.5. The van der Waals surface area contributed by atoms with E-state index in [-0.39, 0.29) is 90.0 Å². The molecule has 63 heavy (non-hydrogen) atoms. The summed E-state index contributed by atoms with van der Waals surface area (Å²) in [5, 5.41) is 22.8. The van der Waals surface area contributed by atoms with E-state index in [1.165, 1.54) is 17.1 Å². The van der Waals surface area contributed by atoms with Crippen molar-refractivity contribution >= 4 is 53.3 Å². The number of nitrogens with two attached hydrogens (primary N) is 1. The van der Waals surface area contributed by atoms with Crippen LogP contribution in [0.25, 0.3) is 0 Å². The van der Waals surface area contributed by atoms with Crippen LogP contribution in [0.15, 0.2) is 36.4 Å². The third kappa shape index (κ3) is 20.4. The van der Waals surface area contributed by atoms with Crippen LogP contribution in [0.2, 0.25) is 0 Å². The van der Waals surface area contributed by atoms with E-state index in [9.17, 15) is 43.5 Å². The molecule has 1 unspecified atom stereocenters. The quantitative estimate of drug-likeness (QED) is 0.0122. The predicted molar refractivity (Wildman–Crippen MR) is 220 cm³/mol. The Morgan fingerprint density at radius 2 is 1.41 bits per heavy atom. The molecule has 0 bridgehead atoms. The standard InChI is InChI=1S/C40H60IN8O14/c1-27(2)35(46-32(52)11-17-59-19-21-61-23-24-62-22-20-60-18-14-43-31(51)10-16-49-33(53)7-8-34(49)54)37(55)47-36(41-12-13-44-39(42)57)38(56)45-29-5-3-28(4-6-29)26-63-40(58)48-15-9-30(48)25-50/h3-8,27,30,35-36,50H,9-26H2,1-2H3,(H,43,51)(H,45,56)(H,46,52)(H,47,55)(H3,42,44,57)/q-1/t30-,35-,36?/m0/s1. The van der Waals surface area contributed by atoms with Crippen molar-refractivity contribution < 1.29 is 88.4 Å². The fourth-order valence-electron chi connectivity index (χ4n) is 5.63. The number of primary amides is 1. The number of anilines is 1. The number of hydrogen-bond acceptors (Lipinski definition) is 14. The fraction of sp³-hybridized carbons (Fsp3) is 0.600. The zero-order valence-corrected chi connectivity index (χ0v) is 37.8. The molecule has 22 nitrogen and oxygen atoms in total. The van der Waals surface area contributed by atoms with Crippen molar-refractivity contribution in [3.63, 3.8) is 0 Å². The number of nitrogens with one attached hydrogen (secondary N) is 5. The van der Waals surface area contributed by atoms with Gasteiger partial charge in [0.25, 0.3) is 11.8 Å². The molecule has 0 saturated carbocycles. The van der Waals surface area contributed by atoms with Gasteiger partial charge in [0, 0.05) is 31.7 Å². The summed E-state index contributed by atoms with van der Waals surface area (Å²) in [5.41, 5.74) is 6.29. The molecule has 3 atom stereocenters. The summed E-state index contributed by atoms with van der Waals surface area (Å²) in [7, 11) is 0. The Balaban J connectivity index is 1.27. The summed E-state index contributed by atoms with van der Waals surface area (Å²) in [6.45, 7) is 6.54. The van der Waals surface area contributed by atoms with Crippen LogP contribution in [0, 0.1) is 5.92 Å². The molecule has 0 radical (unpaired) electrons. The van der Waals surface area contributed by atoms with Crippen LogP contribution in [0.3, 0.4) is 0 Å². The van der Waals surface area contributed by atoms with Gasteiger partial charge in [-0.15, -0.1) is 0 Å². The average molecular weight is 1000 g/mol. The molecule has 352 valence electrons. The van der Waals surface area contributed by atoms with E-state index in [0.29, 0.717) is 48.7 Å². The molecule has 23 heteroatoms. The normalized spacial score (nSPS) is 15.5. The summed E-state index contributed by atoms with van der Waals surface area (Å²) in [4.78, 5) is 100. The molecule has 1 saturated heterocycles. The molecule has 2 heterocycles. The van der Waals surface area contributed by atoms with Gasteiger partial charge in [-0.25, -0.2) is 0 Å². The van der Waals surface area contributed by atoms with Gasteiger partial charge < -0.3 is 19.9 Å². The molecule has 2 aliphatic heterocycles. The zero-order valence-electron chi connectivity index (χ0n) is 35.6. The Bertz CT molecular complexity index is 1680. The van der Waals surface area contributed by atoms with E-state index in [0.717, 1.165) is 11.3 Å². The number of halogens is 1. The van der Waals surface area contributed by atoms with Gasteiger partial charge in [0.15, 0.2) is 0 Å². The molecule has 9 amide bonds. The number of benzene rings is 1. The number of imide groups is 1. The molecular formula is C40H60IN8O14-. The maximum absolute atomic E-state index is 13.5. The monoisotopic (exact) mass is 1000 g/mol. The van der Waals surface area contributed by atoms with E-state index < -0.39 is 73.0 Å². The van der Waals surface area contributed by atoms with E-state index in [1.54, 1.807) is 38.1 Å². The Kier molecular flexibility index (Phi) is 24.5. The number of alkyl halides is 2. The Hall–Kier alpha value is -4.95. The van der Waals surface area contributed by atoms with Crippen LogP contribution in [-0.4, -0.2) is 169 Å². The number of ether oxygens (including phenoxy) is 5. The number of hydrogen-bond donors (Lipinski definition) is 7. The molecule has 8 N–H and O–H groups in total. The van der Waals surface area contributed by atoms with E-state index >= 15 is 0 Å². The Labute approximate surface area is 376 Å². The van der Waals surface area contributed by atoms with Gasteiger partial charge in [-0.05, 0) is 6.42 Å². The first-order valence-electron chi connectivity index (χ1n) is 20.5. The van der Waals surface area contributed by atoms with Crippen LogP contribution >= 0.6 is 0 Å². The second-order valence-electron chi connectivity index (χ2n) is 14.3. The summed E-state index contributed by atoms with van der Waals surface area (Å²) in [6.07, 6.45) is 2.54. The molecule has 2 aliphatic rings.